The van der Waals surface area contributed by atoms with Gasteiger partial charge in [-0.1, -0.05) is 0 Å². The Morgan fingerprint density at radius 2 is 2.00 bits per heavy atom. The molecular formula is C14H11F3N2O. The normalized spacial score (nSPS) is 11.2. The van der Waals surface area contributed by atoms with Gasteiger partial charge in [-0.25, -0.2) is 0 Å². The number of alkyl halides is 3. The smallest absolute Gasteiger partial charge is 0.322 e. The molecule has 0 aliphatic carbocycles. The van der Waals surface area contributed by atoms with Gasteiger partial charge >= 0.3 is 6.18 Å². The number of aryl methyl sites for hydroxylation is 1. The van der Waals surface area contributed by atoms with Crippen molar-refractivity contribution in [1.82, 2.24) is 4.98 Å². The zero-order valence-electron chi connectivity index (χ0n) is 10.5. The van der Waals surface area contributed by atoms with Crippen LogP contribution < -0.4 is 5.32 Å². The summed E-state index contributed by atoms with van der Waals surface area (Å²) in [4.78, 5) is 15.7. The monoisotopic (exact) mass is 280 g/mol. The highest BCUT2D eigenvalue weighted by atomic mass is 19.4. The van der Waals surface area contributed by atoms with E-state index in [2.05, 4.69) is 10.3 Å². The molecule has 0 aliphatic heterocycles. The maximum atomic E-state index is 12.5. The minimum Gasteiger partial charge on any atom is -0.322 e. The minimum atomic E-state index is -4.39. The van der Waals surface area contributed by atoms with E-state index in [9.17, 15) is 18.0 Å². The predicted molar refractivity (Wildman–Crippen MR) is 68.4 cm³/mol. The first-order chi connectivity index (χ1) is 9.38. The number of nitrogens with one attached hydrogen (secondary N) is 1. The molecule has 1 heterocycles. The van der Waals surface area contributed by atoms with E-state index in [4.69, 9.17) is 0 Å². The number of aromatic nitrogens is 1. The molecule has 2 aromatic rings. The number of rotatable bonds is 2. The molecule has 0 atom stereocenters. The first-order valence-electron chi connectivity index (χ1n) is 5.77. The molecule has 0 unspecified atom stereocenters. The van der Waals surface area contributed by atoms with Crippen LogP contribution in [0.15, 0.2) is 42.7 Å². The molecule has 2 rings (SSSR count). The van der Waals surface area contributed by atoms with Crippen molar-refractivity contribution in [3.63, 3.8) is 0 Å². The van der Waals surface area contributed by atoms with Crippen molar-refractivity contribution in [3.05, 3.63) is 59.4 Å². The van der Waals surface area contributed by atoms with Crippen LogP contribution in [0.1, 0.15) is 21.5 Å². The second kappa shape index (κ2) is 5.32. The molecule has 3 nitrogen and oxygen atoms in total. The van der Waals surface area contributed by atoms with Gasteiger partial charge in [-0.05, 0) is 42.8 Å². The maximum Gasteiger partial charge on any atom is 0.416 e. The van der Waals surface area contributed by atoms with Gasteiger partial charge in [0.15, 0.2) is 0 Å². The summed E-state index contributed by atoms with van der Waals surface area (Å²) < 4.78 is 37.6. The van der Waals surface area contributed by atoms with Crippen molar-refractivity contribution >= 4 is 11.6 Å². The molecule has 0 aliphatic rings. The van der Waals surface area contributed by atoms with Gasteiger partial charge < -0.3 is 5.32 Å². The predicted octanol–water partition coefficient (Wildman–Crippen LogP) is 3.66. The Hall–Kier alpha value is -2.37. The number of amides is 1. The van der Waals surface area contributed by atoms with E-state index in [1.165, 1.54) is 25.4 Å². The third kappa shape index (κ3) is 3.14. The minimum absolute atomic E-state index is 0.340. The van der Waals surface area contributed by atoms with Gasteiger partial charge in [0.1, 0.15) is 0 Å². The van der Waals surface area contributed by atoms with E-state index >= 15 is 0 Å². The molecule has 1 amide bonds. The zero-order valence-corrected chi connectivity index (χ0v) is 10.5. The summed E-state index contributed by atoms with van der Waals surface area (Å²) in [7, 11) is 0. The molecule has 1 N–H and O–H groups in total. The molecule has 0 fully saturated rings. The van der Waals surface area contributed by atoms with Crippen LogP contribution in [0, 0.1) is 6.92 Å². The third-order valence-electron chi connectivity index (χ3n) is 2.73. The van der Waals surface area contributed by atoms with Gasteiger partial charge in [0.2, 0.25) is 0 Å². The lowest BCUT2D eigenvalue weighted by Crippen LogP contribution is -2.13. The lowest BCUT2D eigenvalue weighted by atomic mass is 10.1. The van der Waals surface area contributed by atoms with Crippen molar-refractivity contribution in [2.45, 2.75) is 13.1 Å². The Kier molecular flexibility index (Phi) is 3.74. The molecule has 20 heavy (non-hydrogen) atoms. The van der Waals surface area contributed by atoms with Crippen LogP contribution in [0.5, 0.6) is 0 Å². The second-order valence-corrected chi connectivity index (χ2v) is 4.22. The average Bonchev–Trinajstić information content (AvgIpc) is 2.41. The fraction of sp³-hybridized carbons (Fsp3) is 0.143. The van der Waals surface area contributed by atoms with Crippen molar-refractivity contribution in [1.29, 1.82) is 0 Å². The van der Waals surface area contributed by atoms with Crippen LogP contribution in [0.4, 0.5) is 18.9 Å². The van der Waals surface area contributed by atoms with E-state index in [1.807, 2.05) is 0 Å². The van der Waals surface area contributed by atoms with Crippen LogP contribution in [-0.2, 0) is 6.18 Å². The van der Waals surface area contributed by atoms with E-state index in [-0.39, 0.29) is 0 Å². The molecule has 0 saturated heterocycles. The highest BCUT2D eigenvalue weighted by Crippen LogP contribution is 2.31. The Labute approximate surface area is 113 Å². The topological polar surface area (TPSA) is 42.0 Å². The number of carbonyl (C=O) groups is 1. The highest BCUT2D eigenvalue weighted by Gasteiger charge is 2.30. The van der Waals surface area contributed by atoms with E-state index in [1.54, 1.807) is 12.1 Å². The number of hydrogen-bond donors (Lipinski definition) is 1. The number of benzene rings is 1. The summed E-state index contributed by atoms with van der Waals surface area (Å²) in [6, 6.07) is 6.35. The molecule has 0 bridgehead atoms. The summed E-state index contributed by atoms with van der Waals surface area (Å²) in [6.07, 6.45) is -1.48. The molecule has 1 aromatic heterocycles. The summed E-state index contributed by atoms with van der Waals surface area (Å²) >= 11 is 0. The molecule has 0 saturated carbocycles. The van der Waals surface area contributed by atoms with Crippen LogP contribution >= 0.6 is 0 Å². The summed E-state index contributed by atoms with van der Waals surface area (Å²) in [5.41, 5.74) is 0.282. The highest BCUT2D eigenvalue weighted by molar-refractivity contribution is 6.04. The molecule has 104 valence electrons. The maximum absolute atomic E-state index is 12.5. The Morgan fingerprint density at radius 1 is 1.25 bits per heavy atom. The summed E-state index contributed by atoms with van der Waals surface area (Å²) in [5, 5.41) is 2.56. The van der Waals surface area contributed by atoms with Crippen molar-refractivity contribution in [2.75, 3.05) is 5.32 Å². The zero-order chi connectivity index (χ0) is 14.8. The van der Waals surface area contributed by atoms with Gasteiger partial charge in [0.05, 0.1) is 11.1 Å². The van der Waals surface area contributed by atoms with E-state index in [0.29, 0.717) is 16.8 Å². The molecule has 0 radical (unpaired) electrons. The van der Waals surface area contributed by atoms with E-state index in [0.717, 1.165) is 12.1 Å². The van der Waals surface area contributed by atoms with Gasteiger partial charge in [-0.15, -0.1) is 0 Å². The van der Waals surface area contributed by atoms with Crippen LogP contribution in [0.2, 0.25) is 0 Å². The lowest BCUT2D eigenvalue weighted by Gasteiger charge is -2.12. The summed E-state index contributed by atoms with van der Waals surface area (Å²) in [5.74, 6) is -0.416. The quantitative estimate of drug-likeness (QED) is 0.912. The summed E-state index contributed by atoms with van der Waals surface area (Å²) in [6.45, 7) is 1.51. The number of pyridine rings is 1. The molecule has 6 heteroatoms. The Balaban J connectivity index is 2.21. The van der Waals surface area contributed by atoms with Crippen molar-refractivity contribution in [2.24, 2.45) is 0 Å². The number of halogens is 3. The van der Waals surface area contributed by atoms with Gasteiger partial charge in [-0.3, -0.25) is 9.78 Å². The molecular weight excluding hydrogens is 269 g/mol. The first kappa shape index (κ1) is 14.0. The second-order valence-electron chi connectivity index (χ2n) is 4.22. The first-order valence-corrected chi connectivity index (χ1v) is 5.77. The van der Waals surface area contributed by atoms with Crippen molar-refractivity contribution in [3.8, 4) is 0 Å². The number of carbonyl (C=O) groups excluding carboxylic acids is 1. The fourth-order valence-corrected chi connectivity index (χ4v) is 1.67. The van der Waals surface area contributed by atoms with Crippen LogP contribution in [0.25, 0.3) is 0 Å². The van der Waals surface area contributed by atoms with Crippen LogP contribution in [-0.4, -0.2) is 10.9 Å². The van der Waals surface area contributed by atoms with E-state index < -0.39 is 17.6 Å². The number of nitrogens with zero attached hydrogens (tertiary/aromatic N) is 1. The lowest BCUT2D eigenvalue weighted by molar-refractivity contribution is -0.137. The third-order valence-corrected chi connectivity index (χ3v) is 2.73. The SMILES string of the molecule is Cc1cc(C(F)(F)F)ccc1NC(=O)c1cccnc1. The van der Waals surface area contributed by atoms with Gasteiger partial charge in [0.25, 0.3) is 5.91 Å². The molecule has 0 spiro atoms. The largest absolute Gasteiger partial charge is 0.416 e. The Morgan fingerprint density at radius 3 is 2.55 bits per heavy atom. The number of hydrogen-bond acceptors (Lipinski definition) is 2. The van der Waals surface area contributed by atoms with Crippen molar-refractivity contribution < 1.29 is 18.0 Å². The van der Waals surface area contributed by atoms with Gasteiger partial charge in [0, 0.05) is 18.1 Å². The standard InChI is InChI=1S/C14H11F3N2O/c1-9-7-11(14(15,16)17)4-5-12(9)19-13(20)10-3-2-6-18-8-10/h2-8H,1H3,(H,19,20). The molecule has 1 aromatic carbocycles. The average molecular weight is 280 g/mol. The Bertz CT molecular complexity index is 624. The number of anilines is 1. The van der Waals surface area contributed by atoms with Gasteiger partial charge in [-0.2, -0.15) is 13.2 Å². The fourth-order valence-electron chi connectivity index (χ4n) is 1.67. The van der Waals surface area contributed by atoms with Crippen LogP contribution in [0.3, 0.4) is 0 Å².